The van der Waals surface area contributed by atoms with Gasteiger partial charge in [0.05, 0.1) is 24.1 Å². The van der Waals surface area contributed by atoms with Crippen molar-refractivity contribution in [1.82, 2.24) is 9.55 Å². The molecule has 1 aliphatic carbocycles. The number of aromatic nitrogens is 2. The number of benzene rings is 1. The summed E-state index contributed by atoms with van der Waals surface area (Å²) in [6.45, 7) is 4.70. The number of hydrogen-bond donors (Lipinski definition) is 1. The second-order valence-electron chi connectivity index (χ2n) is 5.05. The van der Waals surface area contributed by atoms with Gasteiger partial charge in [0.1, 0.15) is 0 Å². The molecule has 0 bridgehead atoms. The third-order valence-corrected chi connectivity index (χ3v) is 3.51. The first-order chi connectivity index (χ1) is 10.2. The maximum atomic E-state index is 12.5. The SMILES string of the molecule is CCOc1cc2[nH]c(=O)n(C3CC3)c(=O)c2cc1OCC. The standard InChI is InChI=1S/C15H18N2O4/c1-3-20-12-7-10-11(8-13(12)21-4-2)16-15(19)17(14(10)18)9-5-6-9/h7-9H,3-6H2,1-2H3,(H,16,19). The number of nitrogens with one attached hydrogen (secondary N) is 1. The van der Waals surface area contributed by atoms with Crippen LogP contribution in [0.5, 0.6) is 11.5 Å². The van der Waals surface area contributed by atoms with Crippen molar-refractivity contribution in [2.45, 2.75) is 32.7 Å². The summed E-state index contributed by atoms with van der Waals surface area (Å²) in [5.74, 6) is 1.06. The number of ether oxygens (including phenoxy) is 2. The molecule has 0 atom stereocenters. The molecule has 1 aromatic carbocycles. The molecule has 1 N–H and O–H groups in total. The zero-order valence-corrected chi connectivity index (χ0v) is 12.1. The van der Waals surface area contributed by atoms with Gasteiger partial charge in [-0.3, -0.25) is 9.36 Å². The smallest absolute Gasteiger partial charge is 0.329 e. The molecule has 1 saturated carbocycles. The summed E-state index contributed by atoms with van der Waals surface area (Å²) in [6.07, 6.45) is 1.76. The van der Waals surface area contributed by atoms with Crippen molar-refractivity contribution in [3.8, 4) is 11.5 Å². The van der Waals surface area contributed by atoms with Crippen molar-refractivity contribution in [1.29, 1.82) is 0 Å². The van der Waals surface area contributed by atoms with Gasteiger partial charge in [0.25, 0.3) is 5.56 Å². The second-order valence-corrected chi connectivity index (χ2v) is 5.05. The van der Waals surface area contributed by atoms with Crippen LogP contribution in [0, 0.1) is 0 Å². The minimum Gasteiger partial charge on any atom is -0.490 e. The molecule has 0 aliphatic heterocycles. The van der Waals surface area contributed by atoms with Gasteiger partial charge in [0, 0.05) is 12.1 Å². The molecule has 6 nitrogen and oxygen atoms in total. The van der Waals surface area contributed by atoms with Gasteiger partial charge in [0.2, 0.25) is 0 Å². The fourth-order valence-corrected chi connectivity index (χ4v) is 2.44. The molecule has 1 aliphatic rings. The van der Waals surface area contributed by atoms with Crippen LogP contribution in [-0.2, 0) is 0 Å². The minimum absolute atomic E-state index is 0.0350. The van der Waals surface area contributed by atoms with Crippen LogP contribution in [0.25, 0.3) is 10.9 Å². The molecular formula is C15H18N2O4. The number of fused-ring (bicyclic) bond motifs is 1. The summed E-state index contributed by atoms with van der Waals surface area (Å²) >= 11 is 0. The van der Waals surface area contributed by atoms with E-state index in [1.54, 1.807) is 12.1 Å². The van der Waals surface area contributed by atoms with Crippen molar-refractivity contribution in [2.75, 3.05) is 13.2 Å². The molecule has 2 aromatic rings. The second kappa shape index (κ2) is 5.27. The topological polar surface area (TPSA) is 73.3 Å². The molecule has 0 saturated heterocycles. The zero-order valence-electron chi connectivity index (χ0n) is 12.1. The largest absolute Gasteiger partial charge is 0.490 e. The van der Waals surface area contributed by atoms with Gasteiger partial charge in [-0.05, 0) is 32.8 Å². The predicted octanol–water partition coefficient (Wildman–Crippen LogP) is 1.82. The fourth-order valence-electron chi connectivity index (χ4n) is 2.44. The third kappa shape index (κ3) is 2.41. The van der Waals surface area contributed by atoms with Crippen LogP contribution in [0.3, 0.4) is 0 Å². The van der Waals surface area contributed by atoms with E-state index in [9.17, 15) is 9.59 Å². The van der Waals surface area contributed by atoms with E-state index in [1.807, 2.05) is 13.8 Å². The molecule has 1 fully saturated rings. The van der Waals surface area contributed by atoms with Gasteiger partial charge in [-0.25, -0.2) is 4.79 Å². The number of aromatic amines is 1. The number of nitrogens with zero attached hydrogens (tertiary/aromatic N) is 1. The van der Waals surface area contributed by atoms with Crippen molar-refractivity contribution in [3.05, 3.63) is 33.0 Å². The quantitative estimate of drug-likeness (QED) is 0.911. The Balaban J connectivity index is 2.25. The van der Waals surface area contributed by atoms with E-state index in [4.69, 9.17) is 9.47 Å². The number of H-pyrrole nitrogens is 1. The summed E-state index contributed by atoms with van der Waals surface area (Å²) in [4.78, 5) is 27.3. The molecule has 1 heterocycles. The highest BCUT2D eigenvalue weighted by molar-refractivity contribution is 5.81. The highest BCUT2D eigenvalue weighted by Crippen LogP contribution is 2.34. The Hall–Kier alpha value is -2.24. The highest BCUT2D eigenvalue weighted by atomic mass is 16.5. The summed E-state index contributed by atoms with van der Waals surface area (Å²) < 4.78 is 12.3. The molecule has 0 spiro atoms. The summed E-state index contributed by atoms with van der Waals surface area (Å²) in [6, 6.07) is 3.35. The third-order valence-electron chi connectivity index (χ3n) is 3.51. The summed E-state index contributed by atoms with van der Waals surface area (Å²) in [5.41, 5.74) is -0.143. The van der Waals surface area contributed by atoms with Crippen LogP contribution in [0.2, 0.25) is 0 Å². The van der Waals surface area contributed by atoms with Crippen molar-refractivity contribution >= 4 is 10.9 Å². The van der Waals surface area contributed by atoms with E-state index in [2.05, 4.69) is 4.98 Å². The molecule has 6 heteroatoms. The maximum Gasteiger partial charge on any atom is 0.329 e. The molecule has 21 heavy (non-hydrogen) atoms. The van der Waals surface area contributed by atoms with E-state index in [0.29, 0.717) is 35.6 Å². The first kappa shape index (κ1) is 13.7. The van der Waals surface area contributed by atoms with Gasteiger partial charge in [-0.15, -0.1) is 0 Å². The van der Waals surface area contributed by atoms with Crippen molar-refractivity contribution in [3.63, 3.8) is 0 Å². The predicted molar refractivity (Wildman–Crippen MR) is 79.4 cm³/mol. The van der Waals surface area contributed by atoms with Crippen molar-refractivity contribution in [2.24, 2.45) is 0 Å². The van der Waals surface area contributed by atoms with Crippen molar-refractivity contribution < 1.29 is 9.47 Å². The molecule has 112 valence electrons. The molecular weight excluding hydrogens is 272 g/mol. The number of rotatable bonds is 5. The average molecular weight is 290 g/mol. The van der Waals surface area contributed by atoms with E-state index in [0.717, 1.165) is 12.8 Å². The lowest BCUT2D eigenvalue weighted by Crippen LogP contribution is -2.34. The van der Waals surface area contributed by atoms with E-state index >= 15 is 0 Å². The Labute approximate surface area is 121 Å². The lowest BCUT2D eigenvalue weighted by molar-refractivity contribution is 0.288. The van der Waals surface area contributed by atoms with E-state index in [-0.39, 0.29) is 17.3 Å². The monoisotopic (exact) mass is 290 g/mol. The molecule has 1 aromatic heterocycles. The Bertz CT molecular complexity index is 787. The Morgan fingerprint density at radius 3 is 2.33 bits per heavy atom. The molecule has 3 rings (SSSR count). The van der Waals surface area contributed by atoms with E-state index < -0.39 is 0 Å². The molecule has 0 unspecified atom stereocenters. The van der Waals surface area contributed by atoms with Crippen LogP contribution < -0.4 is 20.7 Å². The van der Waals surface area contributed by atoms with Crippen LogP contribution in [0.4, 0.5) is 0 Å². The van der Waals surface area contributed by atoms with Crippen LogP contribution in [0.1, 0.15) is 32.7 Å². The van der Waals surface area contributed by atoms with Gasteiger partial charge in [0.15, 0.2) is 11.5 Å². The van der Waals surface area contributed by atoms with Crippen LogP contribution in [0.15, 0.2) is 21.7 Å². The number of hydrogen-bond acceptors (Lipinski definition) is 4. The molecule has 0 radical (unpaired) electrons. The minimum atomic E-state index is -0.360. The average Bonchev–Trinajstić information content (AvgIpc) is 3.25. The van der Waals surface area contributed by atoms with Crippen LogP contribution in [-0.4, -0.2) is 22.8 Å². The van der Waals surface area contributed by atoms with Gasteiger partial charge >= 0.3 is 5.69 Å². The first-order valence-electron chi connectivity index (χ1n) is 7.23. The lowest BCUT2D eigenvalue weighted by atomic mass is 10.2. The van der Waals surface area contributed by atoms with E-state index in [1.165, 1.54) is 4.57 Å². The van der Waals surface area contributed by atoms with Crippen LogP contribution >= 0.6 is 0 Å². The highest BCUT2D eigenvalue weighted by Gasteiger charge is 2.27. The normalized spacial score (nSPS) is 14.4. The first-order valence-corrected chi connectivity index (χ1v) is 7.23. The Morgan fingerprint density at radius 2 is 1.76 bits per heavy atom. The lowest BCUT2D eigenvalue weighted by Gasteiger charge is -2.12. The Kier molecular flexibility index (Phi) is 3.45. The zero-order chi connectivity index (χ0) is 15.0. The van der Waals surface area contributed by atoms with Gasteiger partial charge in [-0.1, -0.05) is 0 Å². The summed E-state index contributed by atoms with van der Waals surface area (Å²) in [7, 11) is 0. The Morgan fingerprint density at radius 1 is 1.14 bits per heavy atom. The summed E-state index contributed by atoms with van der Waals surface area (Å²) in [5, 5.41) is 0.452. The fraction of sp³-hybridized carbons (Fsp3) is 0.467. The maximum absolute atomic E-state index is 12.5. The van der Waals surface area contributed by atoms with Gasteiger partial charge in [-0.2, -0.15) is 0 Å². The molecule has 0 amide bonds. The van der Waals surface area contributed by atoms with Gasteiger partial charge < -0.3 is 14.5 Å².